The van der Waals surface area contributed by atoms with Crippen molar-refractivity contribution < 1.29 is 4.79 Å². The predicted octanol–water partition coefficient (Wildman–Crippen LogP) is 3.07. The topological polar surface area (TPSA) is 66.9 Å². The zero-order valence-electron chi connectivity index (χ0n) is 14.8. The number of rotatable bonds is 4. The van der Waals surface area contributed by atoms with Crippen LogP contribution in [0.5, 0.6) is 0 Å². The van der Waals surface area contributed by atoms with Crippen LogP contribution in [-0.2, 0) is 0 Å². The molecule has 2 atom stereocenters. The van der Waals surface area contributed by atoms with Gasteiger partial charge in [-0.05, 0) is 49.6 Å². The Morgan fingerprint density at radius 3 is 2.69 bits per heavy atom. The van der Waals surface area contributed by atoms with E-state index in [0.717, 1.165) is 12.1 Å². The van der Waals surface area contributed by atoms with Gasteiger partial charge in [0.15, 0.2) is 0 Å². The number of H-pyrrole nitrogens is 1. The van der Waals surface area contributed by atoms with Crippen LogP contribution in [0.1, 0.15) is 39.5 Å². The molecule has 1 saturated carbocycles. The molecular weight excluding hydrogens is 326 g/mol. The predicted molar refractivity (Wildman–Crippen MR) is 101 cm³/mol. The van der Waals surface area contributed by atoms with E-state index in [9.17, 15) is 9.59 Å². The fourth-order valence-corrected chi connectivity index (χ4v) is 3.52. The molecule has 2 N–H and O–H groups in total. The molecule has 132 valence electrons. The minimum Gasteiger partial charge on any atom is -0.349 e. The van der Waals surface area contributed by atoms with E-state index in [4.69, 9.17) is 0 Å². The van der Waals surface area contributed by atoms with Crippen molar-refractivity contribution in [3.8, 4) is 5.69 Å². The molecule has 0 radical (unpaired) electrons. The molecule has 0 spiro atoms. The van der Waals surface area contributed by atoms with Crippen molar-refractivity contribution >= 4 is 5.91 Å². The van der Waals surface area contributed by atoms with Gasteiger partial charge in [0.05, 0.1) is 5.69 Å². The molecule has 1 aliphatic carbocycles. The van der Waals surface area contributed by atoms with Gasteiger partial charge in [-0.25, -0.2) is 4.79 Å². The SMILES string of the molecule is Cc1ccccc1C1CC1NC(=O)c1cccc(-n2c(C)c[nH]c2=O)c1. The van der Waals surface area contributed by atoms with Crippen LogP contribution >= 0.6 is 0 Å². The van der Waals surface area contributed by atoms with Gasteiger partial charge in [-0.15, -0.1) is 0 Å². The molecule has 26 heavy (non-hydrogen) atoms. The first-order valence-corrected chi connectivity index (χ1v) is 8.78. The van der Waals surface area contributed by atoms with Gasteiger partial charge in [-0.1, -0.05) is 30.3 Å². The first kappa shape index (κ1) is 16.4. The molecule has 0 aliphatic heterocycles. The number of nitrogens with zero attached hydrogens (tertiary/aromatic N) is 1. The Labute approximate surface area is 151 Å². The standard InChI is InChI=1S/C21H21N3O2/c1-13-6-3-4-9-17(13)18-11-19(18)23-20(25)15-7-5-8-16(10-15)24-14(2)12-22-21(24)26/h3-10,12,18-19H,11H2,1-2H3,(H,22,26)(H,23,25). The molecule has 1 heterocycles. The van der Waals surface area contributed by atoms with Gasteiger partial charge >= 0.3 is 5.69 Å². The summed E-state index contributed by atoms with van der Waals surface area (Å²) >= 11 is 0. The summed E-state index contributed by atoms with van der Waals surface area (Å²) in [5, 5.41) is 3.11. The number of hydrogen-bond donors (Lipinski definition) is 2. The third-order valence-corrected chi connectivity index (χ3v) is 5.02. The lowest BCUT2D eigenvalue weighted by atomic mass is 10.0. The Morgan fingerprint density at radius 1 is 1.15 bits per heavy atom. The van der Waals surface area contributed by atoms with Crippen molar-refractivity contribution in [1.82, 2.24) is 14.9 Å². The maximum absolute atomic E-state index is 12.6. The molecule has 5 heteroatoms. The lowest BCUT2D eigenvalue weighted by Crippen LogP contribution is -2.27. The third-order valence-electron chi connectivity index (χ3n) is 5.02. The van der Waals surface area contributed by atoms with Crippen LogP contribution in [0.25, 0.3) is 5.69 Å². The summed E-state index contributed by atoms with van der Waals surface area (Å²) in [7, 11) is 0. The van der Waals surface area contributed by atoms with Gasteiger partial charge < -0.3 is 10.3 Å². The lowest BCUT2D eigenvalue weighted by molar-refractivity contribution is 0.0950. The van der Waals surface area contributed by atoms with Crippen molar-refractivity contribution in [3.63, 3.8) is 0 Å². The summed E-state index contributed by atoms with van der Waals surface area (Å²) in [4.78, 5) is 27.3. The number of hydrogen-bond acceptors (Lipinski definition) is 2. The number of aryl methyl sites for hydroxylation is 2. The Bertz CT molecular complexity index is 1030. The fraction of sp³-hybridized carbons (Fsp3) is 0.238. The molecule has 0 saturated heterocycles. The van der Waals surface area contributed by atoms with Crippen LogP contribution in [0.2, 0.25) is 0 Å². The van der Waals surface area contributed by atoms with E-state index in [-0.39, 0.29) is 17.6 Å². The second kappa shape index (κ2) is 6.33. The Hall–Kier alpha value is -3.08. The number of benzene rings is 2. The maximum atomic E-state index is 12.6. The van der Waals surface area contributed by atoms with E-state index in [1.54, 1.807) is 29.0 Å². The lowest BCUT2D eigenvalue weighted by Gasteiger charge is -2.09. The summed E-state index contributed by atoms with van der Waals surface area (Å²) in [6.07, 6.45) is 2.62. The average Bonchev–Trinajstić information content (AvgIpc) is 3.31. The molecule has 1 aliphatic rings. The second-order valence-corrected chi connectivity index (χ2v) is 6.90. The van der Waals surface area contributed by atoms with Crippen molar-refractivity contribution in [2.24, 2.45) is 0 Å². The number of amides is 1. The Kier molecular flexibility index (Phi) is 3.99. The van der Waals surface area contributed by atoms with Crippen molar-refractivity contribution in [2.45, 2.75) is 32.2 Å². The quantitative estimate of drug-likeness (QED) is 0.762. The monoisotopic (exact) mass is 347 g/mol. The van der Waals surface area contributed by atoms with E-state index < -0.39 is 0 Å². The largest absolute Gasteiger partial charge is 0.349 e. The van der Waals surface area contributed by atoms with Gasteiger partial charge in [-0.2, -0.15) is 0 Å². The van der Waals surface area contributed by atoms with Crippen molar-refractivity contribution in [2.75, 3.05) is 0 Å². The average molecular weight is 347 g/mol. The highest BCUT2D eigenvalue weighted by molar-refractivity contribution is 5.95. The molecule has 5 nitrogen and oxygen atoms in total. The Morgan fingerprint density at radius 2 is 1.96 bits per heavy atom. The summed E-state index contributed by atoms with van der Waals surface area (Å²) < 4.78 is 1.56. The number of aromatic amines is 1. The molecule has 1 aromatic heterocycles. The van der Waals surface area contributed by atoms with Gasteiger partial charge in [0, 0.05) is 29.4 Å². The molecular formula is C21H21N3O2. The highest BCUT2D eigenvalue weighted by Gasteiger charge is 2.40. The number of aromatic nitrogens is 2. The van der Waals surface area contributed by atoms with Crippen LogP contribution in [0, 0.1) is 13.8 Å². The molecule has 4 rings (SSSR count). The molecule has 1 amide bonds. The zero-order chi connectivity index (χ0) is 18.3. The maximum Gasteiger partial charge on any atom is 0.330 e. The molecule has 0 bridgehead atoms. The zero-order valence-corrected chi connectivity index (χ0v) is 14.8. The smallest absolute Gasteiger partial charge is 0.330 e. The summed E-state index contributed by atoms with van der Waals surface area (Å²) in [6, 6.07) is 15.6. The highest BCUT2D eigenvalue weighted by Crippen LogP contribution is 2.42. The van der Waals surface area contributed by atoms with E-state index in [2.05, 4.69) is 29.4 Å². The van der Waals surface area contributed by atoms with Crippen molar-refractivity contribution in [1.29, 1.82) is 0 Å². The summed E-state index contributed by atoms with van der Waals surface area (Å²) in [5.74, 6) is 0.284. The van der Waals surface area contributed by atoms with Gasteiger partial charge in [0.2, 0.25) is 0 Å². The molecule has 1 fully saturated rings. The van der Waals surface area contributed by atoms with Crippen LogP contribution in [0.15, 0.2) is 59.5 Å². The second-order valence-electron chi connectivity index (χ2n) is 6.90. The Balaban J connectivity index is 1.51. The molecule has 3 aromatic rings. The minimum absolute atomic E-state index is 0.103. The van der Waals surface area contributed by atoms with Gasteiger partial charge in [0.1, 0.15) is 0 Å². The van der Waals surface area contributed by atoms with Crippen LogP contribution in [-0.4, -0.2) is 21.5 Å². The van der Waals surface area contributed by atoms with Gasteiger partial charge in [0.25, 0.3) is 5.91 Å². The van der Waals surface area contributed by atoms with Crippen LogP contribution < -0.4 is 11.0 Å². The molecule has 2 unspecified atom stereocenters. The number of nitrogens with one attached hydrogen (secondary N) is 2. The van der Waals surface area contributed by atoms with E-state index in [1.807, 2.05) is 25.1 Å². The van der Waals surface area contributed by atoms with Gasteiger partial charge in [-0.3, -0.25) is 9.36 Å². The highest BCUT2D eigenvalue weighted by atomic mass is 16.2. The van der Waals surface area contributed by atoms with Crippen molar-refractivity contribution in [3.05, 3.63) is 87.6 Å². The summed E-state index contributed by atoms with van der Waals surface area (Å²) in [6.45, 7) is 3.95. The van der Waals surface area contributed by atoms with Crippen LogP contribution in [0.4, 0.5) is 0 Å². The number of carbonyl (C=O) groups excluding carboxylic acids is 1. The van der Waals surface area contributed by atoms with E-state index in [0.29, 0.717) is 17.2 Å². The van der Waals surface area contributed by atoms with E-state index >= 15 is 0 Å². The van der Waals surface area contributed by atoms with E-state index in [1.165, 1.54) is 11.1 Å². The third kappa shape index (κ3) is 2.96. The number of carbonyl (C=O) groups is 1. The van der Waals surface area contributed by atoms with Crippen LogP contribution in [0.3, 0.4) is 0 Å². The molecule has 2 aromatic carbocycles. The minimum atomic E-state index is -0.207. The fourth-order valence-electron chi connectivity index (χ4n) is 3.52. The first-order chi connectivity index (χ1) is 12.5. The number of imidazole rings is 1. The first-order valence-electron chi connectivity index (χ1n) is 8.78. The normalized spacial score (nSPS) is 18.5. The summed E-state index contributed by atoms with van der Waals surface area (Å²) in [5.41, 5.74) is 4.41.